The first kappa shape index (κ1) is 10.8. The van der Waals surface area contributed by atoms with Crippen LogP contribution in [0.2, 0.25) is 5.02 Å². The van der Waals surface area contributed by atoms with E-state index in [0.29, 0.717) is 0 Å². The molecule has 3 heteroatoms. The Hall–Kier alpha value is -0.730. The van der Waals surface area contributed by atoms with Gasteiger partial charge in [-0.15, -0.1) is 0 Å². The number of hydrogen-bond acceptors (Lipinski definition) is 2. The summed E-state index contributed by atoms with van der Waals surface area (Å²) >= 11 is 5.91. The fraction of sp³-hybridized carbons (Fsp3) is 0.500. The van der Waals surface area contributed by atoms with Gasteiger partial charge >= 0.3 is 0 Å². The van der Waals surface area contributed by atoms with Crippen molar-refractivity contribution in [2.45, 2.75) is 12.8 Å². The van der Waals surface area contributed by atoms with Gasteiger partial charge in [0.25, 0.3) is 0 Å². The van der Waals surface area contributed by atoms with Gasteiger partial charge in [-0.25, -0.2) is 0 Å². The number of ether oxygens (including phenoxy) is 1. The fourth-order valence-electron chi connectivity index (χ4n) is 1.81. The molecule has 1 aliphatic rings. The molecule has 1 heterocycles. The maximum absolute atomic E-state index is 5.91. The Labute approximate surface area is 95.6 Å². The number of hydrogen-bond donors (Lipinski definition) is 1. The summed E-state index contributed by atoms with van der Waals surface area (Å²) in [7, 11) is 0. The van der Waals surface area contributed by atoms with Gasteiger partial charge in [-0.2, -0.15) is 0 Å². The molecule has 0 radical (unpaired) electrons. The summed E-state index contributed by atoms with van der Waals surface area (Å²) in [6.45, 7) is 2.83. The van der Waals surface area contributed by atoms with Crippen LogP contribution in [0, 0.1) is 5.92 Å². The van der Waals surface area contributed by atoms with Crippen LogP contribution in [0.25, 0.3) is 0 Å². The third-order valence-corrected chi connectivity index (χ3v) is 3.00. The molecule has 0 bridgehead atoms. The van der Waals surface area contributed by atoms with Crippen molar-refractivity contribution in [2.24, 2.45) is 5.92 Å². The van der Waals surface area contributed by atoms with Crippen LogP contribution in [-0.2, 0) is 4.74 Å². The molecule has 15 heavy (non-hydrogen) atoms. The maximum atomic E-state index is 5.91. The molecular formula is C12H16ClNO. The molecule has 1 N–H and O–H groups in total. The summed E-state index contributed by atoms with van der Waals surface area (Å²) < 4.78 is 5.32. The second-order valence-corrected chi connectivity index (χ2v) is 4.38. The summed E-state index contributed by atoms with van der Waals surface area (Å²) in [4.78, 5) is 0. The number of benzene rings is 1. The molecule has 0 aromatic heterocycles. The summed E-state index contributed by atoms with van der Waals surface area (Å²) in [5.41, 5.74) is 1.11. The molecular weight excluding hydrogens is 210 g/mol. The van der Waals surface area contributed by atoms with Gasteiger partial charge in [0.15, 0.2) is 0 Å². The van der Waals surface area contributed by atoms with Crippen molar-refractivity contribution in [1.29, 1.82) is 0 Å². The Balaban J connectivity index is 1.81. The molecule has 0 spiro atoms. The van der Waals surface area contributed by atoms with Gasteiger partial charge in [-0.3, -0.25) is 0 Å². The van der Waals surface area contributed by atoms with Gasteiger partial charge in [0, 0.05) is 30.5 Å². The van der Waals surface area contributed by atoms with Crippen molar-refractivity contribution in [2.75, 3.05) is 25.1 Å². The molecule has 0 unspecified atom stereocenters. The van der Waals surface area contributed by atoms with Gasteiger partial charge in [0.2, 0.25) is 0 Å². The number of halogens is 1. The molecule has 1 fully saturated rings. The van der Waals surface area contributed by atoms with E-state index in [1.807, 2.05) is 24.3 Å². The minimum absolute atomic E-state index is 0.734. The molecule has 0 aliphatic carbocycles. The zero-order valence-electron chi connectivity index (χ0n) is 8.71. The van der Waals surface area contributed by atoms with E-state index in [1.165, 1.54) is 0 Å². The second kappa shape index (κ2) is 5.38. The average Bonchev–Trinajstić information content (AvgIpc) is 2.28. The number of anilines is 1. The predicted octanol–water partition coefficient (Wildman–Crippen LogP) is 3.18. The first-order chi connectivity index (χ1) is 7.34. The van der Waals surface area contributed by atoms with Crippen LogP contribution in [0.15, 0.2) is 24.3 Å². The predicted molar refractivity (Wildman–Crippen MR) is 63.5 cm³/mol. The topological polar surface area (TPSA) is 21.3 Å². The van der Waals surface area contributed by atoms with Gasteiger partial charge in [0.1, 0.15) is 0 Å². The van der Waals surface area contributed by atoms with Crippen LogP contribution in [0.4, 0.5) is 5.69 Å². The van der Waals surface area contributed by atoms with E-state index in [0.717, 1.165) is 49.2 Å². The van der Waals surface area contributed by atoms with Crippen molar-refractivity contribution in [3.05, 3.63) is 29.3 Å². The molecule has 0 atom stereocenters. The highest BCUT2D eigenvalue weighted by atomic mass is 35.5. The third kappa shape index (κ3) is 3.40. The molecule has 82 valence electrons. The Morgan fingerprint density at radius 2 is 2.13 bits per heavy atom. The Morgan fingerprint density at radius 3 is 2.87 bits per heavy atom. The van der Waals surface area contributed by atoms with Crippen molar-refractivity contribution >= 4 is 17.3 Å². The van der Waals surface area contributed by atoms with Crippen molar-refractivity contribution < 1.29 is 4.74 Å². The summed E-state index contributed by atoms with van der Waals surface area (Å²) in [6, 6.07) is 7.86. The molecule has 1 aromatic carbocycles. The van der Waals surface area contributed by atoms with Crippen molar-refractivity contribution in [1.82, 2.24) is 0 Å². The highest BCUT2D eigenvalue weighted by Gasteiger charge is 2.12. The van der Waals surface area contributed by atoms with Crippen LogP contribution < -0.4 is 5.32 Å². The minimum atomic E-state index is 0.734. The van der Waals surface area contributed by atoms with E-state index in [-0.39, 0.29) is 0 Å². The molecule has 1 aliphatic heterocycles. The molecule has 1 saturated heterocycles. The molecule has 0 saturated carbocycles. The molecule has 2 rings (SSSR count). The van der Waals surface area contributed by atoms with Crippen molar-refractivity contribution in [3.63, 3.8) is 0 Å². The number of rotatable bonds is 3. The summed E-state index contributed by atoms with van der Waals surface area (Å²) in [6.07, 6.45) is 2.32. The third-order valence-electron chi connectivity index (χ3n) is 2.76. The normalized spacial score (nSPS) is 17.7. The first-order valence-electron chi connectivity index (χ1n) is 5.42. The summed E-state index contributed by atoms with van der Waals surface area (Å²) in [5.74, 6) is 0.734. The average molecular weight is 226 g/mol. The lowest BCUT2D eigenvalue weighted by atomic mass is 10.0. The maximum Gasteiger partial charge on any atom is 0.0469 e. The quantitative estimate of drug-likeness (QED) is 0.853. The van der Waals surface area contributed by atoms with E-state index in [2.05, 4.69) is 5.32 Å². The first-order valence-corrected chi connectivity index (χ1v) is 5.79. The zero-order chi connectivity index (χ0) is 10.5. The monoisotopic (exact) mass is 225 g/mol. The lowest BCUT2D eigenvalue weighted by Crippen LogP contribution is -2.22. The van der Waals surface area contributed by atoms with E-state index in [9.17, 15) is 0 Å². The van der Waals surface area contributed by atoms with Crippen molar-refractivity contribution in [3.8, 4) is 0 Å². The Bertz CT molecular complexity index is 310. The van der Waals surface area contributed by atoms with E-state index in [1.54, 1.807) is 0 Å². The van der Waals surface area contributed by atoms with Gasteiger partial charge in [0.05, 0.1) is 0 Å². The second-order valence-electron chi connectivity index (χ2n) is 3.95. The zero-order valence-corrected chi connectivity index (χ0v) is 9.46. The standard InChI is InChI=1S/C12H16ClNO/c13-11-2-1-3-12(8-11)14-9-10-4-6-15-7-5-10/h1-3,8,10,14H,4-7,9H2. The minimum Gasteiger partial charge on any atom is -0.385 e. The molecule has 1 aromatic rings. The Kier molecular flexibility index (Phi) is 3.87. The van der Waals surface area contributed by atoms with E-state index >= 15 is 0 Å². The van der Waals surface area contributed by atoms with Crippen LogP contribution in [0.1, 0.15) is 12.8 Å². The molecule has 0 amide bonds. The van der Waals surface area contributed by atoms with Gasteiger partial charge in [-0.1, -0.05) is 17.7 Å². The van der Waals surface area contributed by atoms with Crippen LogP contribution in [0.3, 0.4) is 0 Å². The SMILES string of the molecule is Clc1cccc(NCC2CCOCC2)c1. The van der Waals surface area contributed by atoms with E-state index in [4.69, 9.17) is 16.3 Å². The van der Waals surface area contributed by atoms with Crippen LogP contribution >= 0.6 is 11.6 Å². The lowest BCUT2D eigenvalue weighted by molar-refractivity contribution is 0.0699. The van der Waals surface area contributed by atoms with Gasteiger partial charge in [-0.05, 0) is 37.0 Å². The largest absolute Gasteiger partial charge is 0.385 e. The summed E-state index contributed by atoms with van der Waals surface area (Å²) in [5, 5.41) is 4.20. The highest BCUT2D eigenvalue weighted by Crippen LogP contribution is 2.18. The fourth-order valence-corrected chi connectivity index (χ4v) is 2.00. The van der Waals surface area contributed by atoms with Crippen LogP contribution in [-0.4, -0.2) is 19.8 Å². The highest BCUT2D eigenvalue weighted by molar-refractivity contribution is 6.30. The van der Waals surface area contributed by atoms with E-state index < -0.39 is 0 Å². The smallest absolute Gasteiger partial charge is 0.0469 e. The van der Waals surface area contributed by atoms with Gasteiger partial charge < -0.3 is 10.1 Å². The number of nitrogens with one attached hydrogen (secondary N) is 1. The Morgan fingerprint density at radius 1 is 1.33 bits per heavy atom. The van der Waals surface area contributed by atoms with Crippen LogP contribution in [0.5, 0.6) is 0 Å². The lowest BCUT2D eigenvalue weighted by Gasteiger charge is -2.22. The molecule has 2 nitrogen and oxygen atoms in total.